The molecule has 0 bridgehead atoms. The van der Waals surface area contributed by atoms with Crippen LogP contribution in [0.15, 0.2) is 6.33 Å². The van der Waals surface area contributed by atoms with E-state index < -0.39 is 0 Å². The zero-order chi connectivity index (χ0) is 12.9. The van der Waals surface area contributed by atoms with E-state index in [1.807, 2.05) is 4.68 Å². The Morgan fingerprint density at radius 1 is 1.41 bits per heavy atom. The molecule has 0 saturated carbocycles. The van der Waals surface area contributed by atoms with Crippen LogP contribution in [0.1, 0.15) is 53.3 Å². The van der Waals surface area contributed by atoms with Gasteiger partial charge in [0.25, 0.3) is 0 Å². The molecule has 1 aromatic heterocycles. The van der Waals surface area contributed by atoms with E-state index in [1.54, 1.807) is 6.33 Å². The summed E-state index contributed by atoms with van der Waals surface area (Å²) in [7, 11) is 0. The van der Waals surface area contributed by atoms with Crippen LogP contribution in [-0.2, 0) is 13.1 Å². The average Bonchev–Trinajstić information content (AvgIpc) is 2.61. The van der Waals surface area contributed by atoms with E-state index in [9.17, 15) is 0 Å². The second-order valence-corrected chi connectivity index (χ2v) is 5.74. The number of hydrogen-bond acceptors (Lipinski definition) is 3. The normalized spacial score (nSPS) is 12.4. The van der Waals surface area contributed by atoms with Crippen molar-refractivity contribution in [3.05, 3.63) is 12.2 Å². The molecule has 1 N–H and O–H groups in total. The SMILES string of the molecule is CCCC(C)(C)NCc1ncnn1CC(C)C. The smallest absolute Gasteiger partial charge is 0.140 e. The minimum absolute atomic E-state index is 0.170. The van der Waals surface area contributed by atoms with Gasteiger partial charge in [-0.25, -0.2) is 9.67 Å². The molecule has 1 aromatic rings. The van der Waals surface area contributed by atoms with E-state index in [0.29, 0.717) is 5.92 Å². The van der Waals surface area contributed by atoms with Crippen LogP contribution >= 0.6 is 0 Å². The van der Waals surface area contributed by atoms with Crippen LogP contribution < -0.4 is 5.32 Å². The summed E-state index contributed by atoms with van der Waals surface area (Å²) in [5.41, 5.74) is 0.170. The average molecular weight is 238 g/mol. The Balaban J connectivity index is 2.54. The summed E-state index contributed by atoms with van der Waals surface area (Å²) in [6.45, 7) is 12.8. The molecule has 0 aliphatic carbocycles. The number of aromatic nitrogens is 3. The third-order valence-corrected chi connectivity index (χ3v) is 2.83. The molecule has 0 aromatic carbocycles. The predicted octanol–water partition coefficient (Wildman–Crippen LogP) is 2.60. The number of rotatable bonds is 7. The van der Waals surface area contributed by atoms with Gasteiger partial charge in [0.2, 0.25) is 0 Å². The van der Waals surface area contributed by atoms with Gasteiger partial charge in [-0.2, -0.15) is 5.10 Å². The Labute approximate surface area is 105 Å². The summed E-state index contributed by atoms with van der Waals surface area (Å²) in [4.78, 5) is 4.32. The molecule has 0 saturated heterocycles. The van der Waals surface area contributed by atoms with Gasteiger partial charge in [0, 0.05) is 12.1 Å². The van der Waals surface area contributed by atoms with Gasteiger partial charge >= 0.3 is 0 Å². The molecular weight excluding hydrogens is 212 g/mol. The highest BCUT2D eigenvalue weighted by atomic mass is 15.3. The molecular formula is C13H26N4. The van der Waals surface area contributed by atoms with Crippen molar-refractivity contribution >= 4 is 0 Å². The van der Waals surface area contributed by atoms with Crippen molar-refractivity contribution in [2.24, 2.45) is 5.92 Å². The molecule has 0 aliphatic rings. The van der Waals surface area contributed by atoms with Gasteiger partial charge in [-0.05, 0) is 26.2 Å². The maximum Gasteiger partial charge on any atom is 0.140 e. The highest BCUT2D eigenvalue weighted by Crippen LogP contribution is 2.11. The Kier molecular flexibility index (Phi) is 5.12. The first kappa shape index (κ1) is 14.2. The van der Waals surface area contributed by atoms with Gasteiger partial charge in [-0.15, -0.1) is 0 Å². The lowest BCUT2D eigenvalue weighted by molar-refractivity contribution is 0.344. The maximum absolute atomic E-state index is 4.32. The highest BCUT2D eigenvalue weighted by molar-refractivity contribution is 4.87. The summed E-state index contributed by atoms with van der Waals surface area (Å²) in [6.07, 6.45) is 4.01. The fraction of sp³-hybridized carbons (Fsp3) is 0.846. The first-order valence-corrected chi connectivity index (χ1v) is 6.56. The molecule has 0 spiro atoms. The maximum atomic E-state index is 4.32. The van der Waals surface area contributed by atoms with Gasteiger partial charge in [-0.1, -0.05) is 27.2 Å². The highest BCUT2D eigenvalue weighted by Gasteiger charge is 2.16. The zero-order valence-corrected chi connectivity index (χ0v) is 11.8. The van der Waals surface area contributed by atoms with E-state index >= 15 is 0 Å². The largest absolute Gasteiger partial charge is 0.305 e. The summed E-state index contributed by atoms with van der Waals surface area (Å²) in [6, 6.07) is 0. The molecule has 4 heteroatoms. The second-order valence-electron chi connectivity index (χ2n) is 5.74. The van der Waals surface area contributed by atoms with Crippen LogP contribution in [0.4, 0.5) is 0 Å². The third-order valence-electron chi connectivity index (χ3n) is 2.83. The lowest BCUT2D eigenvalue weighted by Gasteiger charge is -2.25. The summed E-state index contributed by atoms with van der Waals surface area (Å²) < 4.78 is 2.00. The number of nitrogens with one attached hydrogen (secondary N) is 1. The summed E-state index contributed by atoms with van der Waals surface area (Å²) in [5.74, 6) is 1.63. The van der Waals surface area contributed by atoms with Crippen molar-refractivity contribution in [1.29, 1.82) is 0 Å². The topological polar surface area (TPSA) is 42.7 Å². The first-order valence-electron chi connectivity index (χ1n) is 6.56. The zero-order valence-electron chi connectivity index (χ0n) is 11.8. The second kappa shape index (κ2) is 6.15. The van der Waals surface area contributed by atoms with Crippen LogP contribution in [0.2, 0.25) is 0 Å². The summed E-state index contributed by atoms with van der Waals surface area (Å²) in [5, 5.41) is 7.82. The van der Waals surface area contributed by atoms with Crippen LogP contribution in [0.3, 0.4) is 0 Å². The Morgan fingerprint density at radius 3 is 2.71 bits per heavy atom. The predicted molar refractivity (Wildman–Crippen MR) is 70.7 cm³/mol. The van der Waals surface area contributed by atoms with Crippen LogP contribution in [-0.4, -0.2) is 20.3 Å². The van der Waals surface area contributed by atoms with Gasteiger partial charge in [0.15, 0.2) is 0 Å². The van der Waals surface area contributed by atoms with E-state index in [4.69, 9.17) is 0 Å². The van der Waals surface area contributed by atoms with Gasteiger partial charge in [0.1, 0.15) is 12.2 Å². The van der Waals surface area contributed by atoms with E-state index in [2.05, 4.69) is 50.0 Å². The molecule has 1 rings (SSSR count). The van der Waals surface area contributed by atoms with Gasteiger partial charge in [-0.3, -0.25) is 0 Å². The minimum Gasteiger partial charge on any atom is -0.305 e. The molecule has 17 heavy (non-hydrogen) atoms. The molecule has 98 valence electrons. The number of nitrogens with zero attached hydrogens (tertiary/aromatic N) is 3. The molecule has 0 aliphatic heterocycles. The number of hydrogen-bond donors (Lipinski definition) is 1. The Morgan fingerprint density at radius 2 is 2.12 bits per heavy atom. The molecule has 0 unspecified atom stereocenters. The van der Waals surface area contributed by atoms with Crippen molar-refractivity contribution in [3.63, 3.8) is 0 Å². The quantitative estimate of drug-likeness (QED) is 0.794. The third kappa shape index (κ3) is 4.86. The molecule has 0 fully saturated rings. The van der Waals surface area contributed by atoms with Crippen molar-refractivity contribution in [2.75, 3.05) is 0 Å². The van der Waals surface area contributed by atoms with Crippen molar-refractivity contribution in [2.45, 2.75) is 66.1 Å². The van der Waals surface area contributed by atoms with Crippen LogP contribution in [0, 0.1) is 5.92 Å². The van der Waals surface area contributed by atoms with E-state index in [-0.39, 0.29) is 5.54 Å². The van der Waals surface area contributed by atoms with E-state index in [0.717, 1.165) is 18.9 Å². The Bertz CT molecular complexity index is 328. The fourth-order valence-corrected chi connectivity index (χ4v) is 1.96. The first-order chi connectivity index (χ1) is 7.94. The minimum atomic E-state index is 0.170. The monoisotopic (exact) mass is 238 g/mol. The van der Waals surface area contributed by atoms with Crippen molar-refractivity contribution in [1.82, 2.24) is 20.1 Å². The standard InChI is InChI=1S/C13H26N4/c1-6-7-13(4,5)15-8-12-14-10-16-17(12)9-11(2)3/h10-11,15H,6-9H2,1-5H3. The van der Waals surface area contributed by atoms with Crippen molar-refractivity contribution in [3.8, 4) is 0 Å². The van der Waals surface area contributed by atoms with Gasteiger partial charge in [0.05, 0.1) is 6.54 Å². The van der Waals surface area contributed by atoms with Crippen LogP contribution in [0.5, 0.6) is 0 Å². The lowest BCUT2D eigenvalue weighted by Crippen LogP contribution is -2.39. The van der Waals surface area contributed by atoms with Crippen molar-refractivity contribution < 1.29 is 0 Å². The molecule has 0 amide bonds. The molecule has 1 heterocycles. The lowest BCUT2D eigenvalue weighted by atomic mass is 9.99. The fourth-order valence-electron chi connectivity index (χ4n) is 1.96. The molecule has 0 atom stereocenters. The Hall–Kier alpha value is -0.900. The van der Waals surface area contributed by atoms with Crippen LogP contribution in [0.25, 0.3) is 0 Å². The molecule has 0 radical (unpaired) electrons. The van der Waals surface area contributed by atoms with Gasteiger partial charge < -0.3 is 5.32 Å². The van der Waals surface area contributed by atoms with E-state index in [1.165, 1.54) is 12.8 Å². The summed E-state index contributed by atoms with van der Waals surface area (Å²) >= 11 is 0. The molecule has 4 nitrogen and oxygen atoms in total.